The number of aryl methyl sites for hydroxylation is 2. The van der Waals surface area contributed by atoms with Crippen LogP contribution in [0.25, 0.3) is 33.2 Å². The molecule has 0 atom stereocenters. The van der Waals surface area contributed by atoms with Crippen LogP contribution >= 0.6 is 0 Å². The molecule has 1 aromatic heterocycles. The molecule has 0 unspecified atom stereocenters. The Hall–Kier alpha value is -2.28. The van der Waals surface area contributed by atoms with Crippen LogP contribution in [-0.4, -0.2) is 4.98 Å². The number of hydrogen-bond acceptors (Lipinski definition) is 1. The molecule has 0 saturated carbocycles. The monoisotopic (exact) mass is 501 g/mol. The molecular weight excluding hydrogens is 482 g/mol. The molecule has 125 valence electrons. The van der Waals surface area contributed by atoms with Gasteiger partial charge in [-0.05, 0) is 36.4 Å². The number of rotatable bonds is 2. The van der Waals surface area contributed by atoms with Crippen molar-refractivity contribution in [3.05, 3.63) is 90.1 Å². The van der Waals surface area contributed by atoms with Crippen LogP contribution in [0.5, 0.6) is 0 Å². The van der Waals surface area contributed by atoms with Crippen molar-refractivity contribution in [2.75, 3.05) is 0 Å². The molecule has 25 heavy (non-hydrogen) atoms. The SMILES string of the molecule is Cc1ccc(C)c(-c2cc[c-]c(-c3cccc4cccnc34)c2)c1.[Ir]. The number of aromatic nitrogens is 1. The number of fused-ring (bicyclic) bond motifs is 1. The van der Waals surface area contributed by atoms with Gasteiger partial charge in [0.25, 0.3) is 0 Å². The van der Waals surface area contributed by atoms with Gasteiger partial charge >= 0.3 is 0 Å². The van der Waals surface area contributed by atoms with Crippen molar-refractivity contribution in [3.63, 3.8) is 0 Å². The van der Waals surface area contributed by atoms with Gasteiger partial charge < -0.3 is 0 Å². The molecule has 0 N–H and O–H groups in total. The van der Waals surface area contributed by atoms with Crippen molar-refractivity contribution in [3.8, 4) is 22.3 Å². The van der Waals surface area contributed by atoms with Crippen molar-refractivity contribution < 1.29 is 20.1 Å². The second-order valence-electron chi connectivity index (χ2n) is 6.19. The van der Waals surface area contributed by atoms with E-state index < -0.39 is 0 Å². The molecule has 0 aliphatic carbocycles. The molecule has 0 spiro atoms. The third kappa shape index (κ3) is 3.42. The largest absolute Gasteiger partial charge is 0.266 e. The number of benzene rings is 3. The maximum Gasteiger partial charge on any atom is 0.0366 e. The van der Waals surface area contributed by atoms with E-state index in [4.69, 9.17) is 0 Å². The summed E-state index contributed by atoms with van der Waals surface area (Å²) in [5, 5.41) is 1.15. The molecule has 0 aliphatic rings. The normalized spacial score (nSPS) is 10.5. The van der Waals surface area contributed by atoms with Gasteiger partial charge in [0.15, 0.2) is 0 Å². The van der Waals surface area contributed by atoms with Gasteiger partial charge in [0.2, 0.25) is 0 Å². The van der Waals surface area contributed by atoms with E-state index in [-0.39, 0.29) is 20.1 Å². The van der Waals surface area contributed by atoms with E-state index in [1.807, 2.05) is 18.3 Å². The molecule has 2 heteroatoms. The van der Waals surface area contributed by atoms with Crippen LogP contribution in [0.4, 0.5) is 0 Å². The first-order chi connectivity index (χ1) is 11.7. The molecule has 0 amide bonds. The summed E-state index contributed by atoms with van der Waals surface area (Å²) in [4.78, 5) is 4.57. The summed E-state index contributed by atoms with van der Waals surface area (Å²) in [6, 6.07) is 26.7. The minimum atomic E-state index is 0. The van der Waals surface area contributed by atoms with Gasteiger partial charge in [-0.3, -0.25) is 4.98 Å². The Morgan fingerprint density at radius 3 is 2.56 bits per heavy atom. The average Bonchev–Trinajstić information content (AvgIpc) is 2.63. The summed E-state index contributed by atoms with van der Waals surface area (Å²) in [5.74, 6) is 0. The predicted molar refractivity (Wildman–Crippen MR) is 101 cm³/mol. The summed E-state index contributed by atoms with van der Waals surface area (Å²) >= 11 is 0. The molecule has 0 aliphatic heterocycles. The number of pyridine rings is 1. The van der Waals surface area contributed by atoms with Gasteiger partial charge in [-0.15, -0.1) is 35.4 Å². The fraction of sp³-hybridized carbons (Fsp3) is 0.0870. The van der Waals surface area contributed by atoms with Crippen molar-refractivity contribution in [2.24, 2.45) is 0 Å². The molecule has 0 bridgehead atoms. The molecule has 0 fully saturated rings. The molecule has 4 aromatic rings. The van der Waals surface area contributed by atoms with Gasteiger partial charge in [-0.1, -0.05) is 53.6 Å². The Labute approximate surface area is 162 Å². The van der Waals surface area contributed by atoms with Crippen molar-refractivity contribution in [1.29, 1.82) is 0 Å². The fourth-order valence-corrected chi connectivity index (χ4v) is 3.16. The third-order valence-electron chi connectivity index (χ3n) is 4.43. The first kappa shape index (κ1) is 17.5. The number of para-hydroxylation sites is 1. The summed E-state index contributed by atoms with van der Waals surface area (Å²) in [5.41, 5.74) is 8.29. The first-order valence-electron chi connectivity index (χ1n) is 8.16. The van der Waals surface area contributed by atoms with Crippen molar-refractivity contribution in [2.45, 2.75) is 13.8 Å². The zero-order valence-electron chi connectivity index (χ0n) is 14.2. The standard InChI is InChI=1S/C23H18N.Ir/c1-16-11-12-17(2)22(14-16)20-8-3-7-19(15-20)21-10-4-6-18-9-5-13-24-23(18)21;/h3-6,8-15H,1-2H3;/q-1;. The second kappa shape index (κ2) is 7.31. The minimum absolute atomic E-state index is 0. The Kier molecular flexibility index (Phi) is 5.13. The van der Waals surface area contributed by atoms with Crippen molar-refractivity contribution in [1.82, 2.24) is 4.98 Å². The molecule has 1 nitrogen and oxygen atoms in total. The number of nitrogens with zero attached hydrogens (tertiary/aromatic N) is 1. The van der Waals surface area contributed by atoms with Gasteiger partial charge in [0.05, 0.1) is 0 Å². The number of hydrogen-bond donors (Lipinski definition) is 0. The van der Waals surface area contributed by atoms with E-state index in [9.17, 15) is 0 Å². The Bertz CT molecular complexity index is 1030. The minimum Gasteiger partial charge on any atom is -0.266 e. The van der Waals surface area contributed by atoms with E-state index in [1.165, 1.54) is 22.3 Å². The van der Waals surface area contributed by atoms with Crippen LogP contribution in [0.15, 0.2) is 72.9 Å². The maximum absolute atomic E-state index is 4.57. The smallest absolute Gasteiger partial charge is 0.0366 e. The van der Waals surface area contributed by atoms with E-state index in [0.717, 1.165) is 22.0 Å². The molecule has 1 heterocycles. The van der Waals surface area contributed by atoms with Gasteiger partial charge in [-0.25, -0.2) is 0 Å². The Balaban J connectivity index is 0.00000182. The summed E-state index contributed by atoms with van der Waals surface area (Å²) in [6.07, 6.45) is 1.85. The van der Waals surface area contributed by atoms with Crippen LogP contribution < -0.4 is 0 Å². The van der Waals surface area contributed by atoms with E-state index in [1.54, 1.807) is 0 Å². The van der Waals surface area contributed by atoms with Crippen LogP contribution in [-0.2, 0) is 20.1 Å². The molecule has 3 aromatic carbocycles. The molecule has 4 rings (SSSR count). The zero-order chi connectivity index (χ0) is 16.5. The van der Waals surface area contributed by atoms with Gasteiger partial charge in [-0.2, -0.15) is 0 Å². The zero-order valence-corrected chi connectivity index (χ0v) is 16.6. The molecule has 0 saturated heterocycles. The van der Waals surface area contributed by atoms with Gasteiger partial charge in [0, 0.05) is 31.8 Å². The predicted octanol–water partition coefficient (Wildman–Crippen LogP) is 5.98. The van der Waals surface area contributed by atoms with Crippen molar-refractivity contribution >= 4 is 10.9 Å². The Morgan fingerprint density at radius 1 is 0.840 bits per heavy atom. The van der Waals surface area contributed by atoms with Crippen LogP contribution in [0, 0.1) is 19.9 Å². The summed E-state index contributed by atoms with van der Waals surface area (Å²) in [7, 11) is 0. The summed E-state index contributed by atoms with van der Waals surface area (Å²) < 4.78 is 0. The van der Waals surface area contributed by atoms with E-state index in [2.05, 4.69) is 79.5 Å². The molecular formula is C23H18IrN-. The van der Waals surface area contributed by atoms with Crippen LogP contribution in [0.3, 0.4) is 0 Å². The van der Waals surface area contributed by atoms with Crippen LogP contribution in [0.2, 0.25) is 0 Å². The van der Waals surface area contributed by atoms with E-state index in [0.29, 0.717) is 0 Å². The average molecular weight is 501 g/mol. The van der Waals surface area contributed by atoms with Gasteiger partial charge in [0.1, 0.15) is 0 Å². The first-order valence-corrected chi connectivity index (χ1v) is 8.16. The fourth-order valence-electron chi connectivity index (χ4n) is 3.16. The second-order valence-corrected chi connectivity index (χ2v) is 6.19. The quantitative estimate of drug-likeness (QED) is 0.309. The topological polar surface area (TPSA) is 12.9 Å². The molecule has 1 radical (unpaired) electrons. The Morgan fingerprint density at radius 2 is 1.68 bits per heavy atom. The maximum atomic E-state index is 4.57. The third-order valence-corrected chi connectivity index (χ3v) is 4.43. The summed E-state index contributed by atoms with van der Waals surface area (Å²) in [6.45, 7) is 4.29. The van der Waals surface area contributed by atoms with Crippen LogP contribution in [0.1, 0.15) is 11.1 Å². The van der Waals surface area contributed by atoms with E-state index >= 15 is 0 Å².